The van der Waals surface area contributed by atoms with Crippen LogP contribution in [0, 0.1) is 18.8 Å². The second-order valence-electron chi connectivity index (χ2n) is 11.0. The van der Waals surface area contributed by atoms with Crippen LogP contribution in [0.2, 0.25) is 0 Å². The van der Waals surface area contributed by atoms with Gasteiger partial charge in [-0.25, -0.2) is 0 Å². The third-order valence-corrected chi connectivity index (χ3v) is 8.47. The van der Waals surface area contributed by atoms with Gasteiger partial charge in [-0.2, -0.15) is 0 Å². The van der Waals surface area contributed by atoms with E-state index in [2.05, 4.69) is 59.0 Å². The maximum Gasteiger partial charge on any atom is 0.138 e. The first kappa shape index (κ1) is 21.1. The molecule has 4 aliphatic rings. The second-order valence-corrected chi connectivity index (χ2v) is 11.0. The van der Waals surface area contributed by atoms with Crippen LogP contribution in [0.25, 0.3) is 22.2 Å². The Kier molecular flexibility index (Phi) is 5.17. The number of nitrogens with one attached hydrogen (secondary N) is 1. The number of fused-ring (bicyclic) bond motifs is 4. The number of carbonyl (C=O) groups excluding carboxylic acids is 1. The molecule has 0 amide bonds. The third kappa shape index (κ3) is 3.82. The highest BCUT2D eigenvalue weighted by Gasteiger charge is 2.45. The van der Waals surface area contributed by atoms with Crippen LogP contribution >= 0.6 is 0 Å². The molecule has 5 heterocycles. The number of hydrogen-bond acceptors (Lipinski definition) is 3. The molecule has 3 aromatic rings. The Morgan fingerprint density at radius 2 is 1.97 bits per heavy atom. The monoisotopic (exact) mass is 441 g/mol. The van der Waals surface area contributed by atoms with Crippen molar-refractivity contribution in [2.45, 2.75) is 70.8 Å². The summed E-state index contributed by atoms with van der Waals surface area (Å²) in [6.45, 7) is 8.99. The third-order valence-electron chi connectivity index (χ3n) is 8.47. The van der Waals surface area contributed by atoms with E-state index in [0.29, 0.717) is 23.7 Å². The molecular weight excluding hydrogens is 406 g/mol. The highest BCUT2D eigenvalue weighted by molar-refractivity contribution is 5.92. The number of aromatic nitrogens is 2. The van der Waals surface area contributed by atoms with Gasteiger partial charge in [0.15, 0.2) is 0 Å². The van der Waals surface area contributed by atoms with Gasteiger partial charge >= 0.3 is 0 Å². The number of hydrogen-bond donors (Lipinski definition) is 1. The summed E-state index contributed by atoms with van der Waals surface area (Å²) >= 11 is 0. The fraction of sp³-hybridized carbons (Fsp3) is 0.517. The molecular formula is C29H35N3O. The molecule has 172 valence electrons. The van der Waals surface area contributed by atoms with Crippen LogP contribution in [-0.4, -0.2) is 39.8 Å². The molecule has 1 aromatic carbocycles. The van der Waals surface area contributed by atoms with E-state index in [9.17, 15) is 4.79 Å². The van der Waals surface area contributed by atoms with Crippen molar-refractivity contribution in [3.8, 4) is 11.3 Å². The number of benzene rings is 1. The average molecular weight is 442 g/mol. The molecule has 3 saturated heterocycles. The van der Waals surface area contributed by atoms with Crippen molar-refractivity contribution >= 4 is 16.7 Å². The van der Waals surface area contributed by atoms with Gasteiger partial charge in [-0.15, -0.1) is 0 Å². The molecule has 4 heteroatoms. The van der Waals surface area contributed by atoms with E-state index >= 15 is 0 Å². The van der Waals surface area contributed by atoms with Crippen molar-refractivity contribution in [2.24, 2.45) is 11.8 Å². The van der Waals surface area contributed by atoms with Crippen molar-refractivity contribution in [3.63, 3.8) is 0 Å². The lowest BCUT2D eigenvalue weighted by atomic mass is 9.81. The SMILES string of the molecule is Cc1cc(-c2[nH]c3ccc([C@@H]4C[C@H]4C(=O)CC4CC5CCN4CC5)cc3c2C(C)C)ccn1. The summed E-state index contributed by atoms with van der Waals surface area (Å²) in [5, 5.41) is 1.31. The normalized spacial score (nSPS) is 28.5. The molecule has 33 heavy (non-hydrogen) atoms. The maximum absolute atomic E-state index is 13.2. The van der Waals surface area contributed by atoms with Gasteiger partial charge in [0.05, 0.1) is 5.69 Å². The molecule has 1 N–H and O–H groups in total. The van der Waals surface area contributed by atoms with Crippen LogP contribution in [0.15, 0.2) is 36.5 Å². The van der Waals surface area contributed by atoms with E-state index in [0.717, 1.165) is 24.5 Å². The molecule has 4 fully saturated rings. The molecule has 4 nitrogen and oxygen atoms in total. The Labute approximate surface area is 196 Å². The standard InChI is InChI=1S/C29H35N3O/c1-17(2)28-25-14-20(4-5-26(25)31-29(28)21-6-9-30-18(3)12-21)23-16-24(23)27(33)15-22-13-19-7-10-32(22)11-8-19/h4-6,9,12,14,17,19,22-24,31H,7-8,10-11,13,15-16H2,1-3H3/t22?,23-,24+/m0/s1. The zero-order valence-electron chi connectivity index (χ0n) is 20.1. The number of aromatic amines is 1. The van der Waals surface area contributed by atoms with Crippen molar-refractivity contribution in [2.75, 3.05) is 13.1 Å². The van der Waals surface area contributed by atoms with Gasteiger partial charge in [0, 0.05) is 46.7 Å². The average Bonchev–Trinajstić information content (AvgIpc) is 3.52. The fourth-order valence-electron chi connectivity index (χ4n) is 6.59. The number of H-pyrrole nitrogens is 1. The quantitative estimate of drug-likeness (QED) is 0.495. The molecule has 2 bridgehead atoms. The summed E-state index contributed by atoms with van der Waals surface area (Å²) in [6, 6.07) is 11.6. The Bertz CT molecular complexity index is 1200. The zero-order valence-corrected chi connectivity index (χ0v) is 20.1. The molecule has 3 aliphatic heterocycles. The minimum atomic E-state index is 0.230. The molecule has 1 aliphatic carbocycles. The molecule has 0 radical (unpaired) electrons. The molecule has 1 unspecified atom stereocenters. The predicted molar refractivity (Wildman–Crippen MR) is 134 cm³/mol. The van der Waals surface area contributed by atoms with E-state index < -0.39 is 0 Å². The largest absolute Gasteiger partial charge is 0.354 e. The summed E-state index contributed by atoms with van der Waals surface area (Å²) in [6.07, 6.45) is 7.61. The number of carbonyl (C=O) groups is 1. The predicted octanol–water partition coefficient (Wildman–Crippen LogP) is 6.21. The van der Waals surface area contributed by atoms with Crippen molar-refractivity contribution < 1.29 is 4.79 Å². The topological polar surface area (TPSA) is 49.0 Å². The van der Waals surface area contributed by atoms with Gasteiger partial charge in [-0.05, 0) is 98.8 Å². The Morgan fingerprint density at radius 3 is 2.67 bits per heavy atom. The van der Waals surface area contributed by atoms with Crippen LogP contribution in [0.5, 0.6) is 0 Å². The fourth-order valence-corrected chi connectivity index (χ4v) is 6.59. The molecule has 0 spiro atoms. The lowest BCUT2D eigenvalue weighted by Gasteiger charge is -2.45. The first-order valence-electron chi connectivity index (χ1n) is 12.8. The van der Waals surface area contributed by atoms with Crippen LogP contribution in [0.1, 0.15) is 74.6 Å². The number of aryl methyl sites for hydroxylation is 1. The lowest BCUT2D eigenvalue weighted by Crippen LogP contribution is -2.49. The summed E-state index contributed by atoms with van der Waals surface area (Å²) in [4.78, 5) is 23.8. The van der Waals surface area contributed by atoms with E-state index in [1.807, 2.05) is 13.1 Å². The van der Waals surface area contributed by atoms with Crippen LogP contribution in [0.3, 0.4) is 0 Å². The highest BCUT2D eigenvalue weighted by Crippen LogP contribution is 2.50. The lowest BCUT2D eigenvalue weighted by molar-refractivity contribution is -0.122. The maximum atomic E-state index is 13.2. The van der Waals surface area contributed by atoms with Crippen molar-refractivity contribution in [3.05, 3.63) is 53.3 Å². The Hall–Kier alpha value is -2.46. The highest BCUT2D eigenvalue weighted by atomic mass is 16.1. The molecule has 1 saturated carbocycles. The van der Waals surface area contributed by atoms with Crippen molar-refractivity contribution in [1.29, 1.82) is 0 Å². The van der Waals surface area contributed by atoms with E-state index in [-0.39, 0.29) is 5.92 Å². The van der Waals surface area contributed by atoms with Gasteiger partial charge in [-0.3, -0.25) is 14.7 Å². The van der Waals surface area contributed by atoms with E-state index in [1.54, 1.807) is 0 Å². The van der Waals surface area contributed by atoms with Gasteiger partial charge in [-0.1, -0.05) is 19.9 Å². The smallest absolute Gasteiger partial charge is 0.138 e. The summed E-state index contributed by atoms with van der Waals surface area (Å²) in [5.41, 5.74) is 7.31. The molecule has 7 rings (SSSR count). The van der Waals surface area contributed by atoms with Crippen molar-refractivity contribution in [1.82, 2.24) is 14.9 Å². The van der Waals surface area contributed by atoms with Gasteiger partial charge in [0.2, 0.25) is 0 Å². The minimum absolute atomic E-state index is 0.230. The number of nitrogens with zero attached hydrogens (tertiary/aromatic N) is 2. The second kappa shape index (κ2) is 8.09. The molecule has 3 atom stereocenters. The van der Waals surface area contributed by atoms with E-state index in [1.165, 1.54) is 65.6 Å². The summed E-state index contributed by atoms with van der Waals surface area (Å²) < 4.78 is 0. The summed E-state index contributed by atoms with van der Waals surface area (Å²) in [5.74, 6) is 2.41. The van der Waals surface area contributed by atoms with Gasteiger partial charge in [0.1, 0.15) is 5.78 Å². The van der Waals surface area contributed by atoms with Crippen LogP contribution in [0.4, 0.5) is 0 Å². The number of rotatable bonds is 6. The Balaban J connectivity index is 1.24. The van der Waals surface area contributed by atoms with Crippen LogP contribution in [-0.2, 0) is 4.79 Å². The number of ketones is 1. The van der Waals surface area contributed by atoms with Gasteiger partial charge < -0.3 is 4.98 Å². The minimum Gasteiger partial charge on any atom is -0.354 e. The number of Topliss-reactive ketones (excluding diaryl/α,β-unsaturated/α-hetero) is 1. The van der Waals surface area contributed by atoms with Gasteiger partial charge in [0.25, 0.3) is 0 Å². The van der Waals surface area contributed by atoms with E-state index in [4.69, 9.17) is 0 Å². The first-order valence-corrected chi connectivity index (χ1v) is 12.8. The zero-order chi connectivity index (χ0) is 22.7. The number of pyridine rings is 1. The summed E-state index contributed by atoms with van der Waals surface area (Å²) in [7, 11) is 0. The van der Waals surface area contributed by atoms with Crippen LogP contribution < -0.4 is 0 Å². The Morgan fingerprint density at radius 1 is 1.15 bits per heavy atom. The first-order chi connectivity index (χ1) is 16.0. The molecule has 2 aromatic heterocycles. The number of piperidine rings is 3.